The minimum Gasteiger partial charge on any atom is -0.350 e. The average molecular weight is 459 g/mol. The number of hydrogen-bond acceptors (Lipinski definition) is 3. The molecule has 2 aliphatic heterocycles. The van der Waals surface area contributed by atoms with E-state index in [4.69, 9.17) is 0 Å². The van der Waals surface area contributed by atoms with Crippen molar-refractivity contribution in [1.29, 1.82) is 0 Å². The normalized spacial score (nSPS) is 18.6. The van der Waals surface area contributed by atoms with E-state index in [2.05, 4.69) is 72.0 Å². The molecule has 3 aromatic rings. The van der Waals surface area contributed by atoms with Gasteiger partial charge in [0, 0.05) is 49.2 Å². The molecule has 5 rings (SSSR count). The van der Waals surface area contributed by atoms with Gasteiger partial charge in [-0.05, 0) is 75.0 Å². The second kappa shape index (κ2) is 9.93. The molecule has 0 bridgehead atoms. The van der Waals surface area contributed by atoms with E-state index in [1.54, 1.807) is 5.56 Å². The molecule has 2 fully saturated rings. The summed E-state index contributed by atoms with van der Waals surface area (Å²) in [6.07, 6.45) is 2.35. The first-order valence-corrected chi connectivity index (χ1v) is 12.9. The largest absolute Gasteiger partial charge is 0.350 e. The number of hydrogen-bond donors (Lipinski definition) is 1. The molecule has 3 heterocycles. The zero-order valence-corrected chi connectivity index (χ0v) is 20.9. The van der Waals surface area contributed by atoms with Crippen molar-refractivity contribution in [1.82, 2.24) is 19.7 Å². The number of aromatic amines is 1. The molecule has 34 heavy (non-hydrogen) atoms. The molecule has 1 aromatic heterocycles. The number of para-hydroxylation sites is 1. The SMILES string of the molecule is CCN1CCN(C(=O)c2[nH]c3ccccc3c2CN2CCC(c3c(C)cccc3C)CC2)CC1. The molecule has 180 valence electrons. The van der Waals surface area contributed by atoms with Crippen molar-refractivity contribution in [3.05, 3.63) is 70.4 Å². The number of benzene rings is 2. The minimum absolute atomic E-state index is 0.160. The summed E-state index contributed by atoms with van der Waals surface area (Å²) in [5.74, 6) is 0.795. The van der Waals surface area contributed by atoms with Crippen LogP contribution in [0.15, 0.2) is 42.5 Å². The maximum atomic E-state index is 13.6. The van der Waals surface area contributed by atoms with Crippen LogP contribution < -0.4 is 0 Å². The van der Waals surface area contributed by atoms with Crippen LogP contribution in [0.1, 0.15) is 58.4 Å². The van der Waals surface area contributed by atoms with E-state index < -0.39 is 0 Å². The predicted octanol–water partition coefficient (Wildman–Crippen LogP) is 4.94. The molecule has 2 aliphatic rings. The quantitative estimate of drug-likeness (QED) is 0.589. The summed E-state index contributed by atoms with van der Waals surface area (Å²) in [6, 6.07) is 15.1. The van der Waals surface area contributed by atoms with Crippen molar-refractivity contribution in [2.24, 2.45) is 0 Å². The molecule has 1 amide bonds. The Labute approximate surface area is 203 Å². The Morgan fingerprint density at radius 1 is 0.882 bits per heavy atom. The first-order chi connectivity index (χ1) is 16.5. The zero-order valence-electron chi connectivity index (χ0n) is 20.9. The number of H-pyrrole nitrogens is 1. The van der Waals surface area contributed by atoms with E-state index in [-0.39, 0.29) is 5.91 Å². The molecule has 0 aliphatic carbocycles. The number of likely N-dealkylation sites (tertiary alicyclic amines) is 1. The summed E-state index contributed by atoms with van der Waals surface area (Å²) in [5.41, 5.74) is 7.43. The topological polar surface area (TPSA) is 42.6 Å². The van der Waals surface area contributed by atoms with Gasteiger partial charge in [-0.15, -0.1) is 0 Å². The van der Waals surface area contributed by atoms with Crippen molar-refractivity contribution < 1.29 is 4.79 Å². The Hall–Kier alpha value is -2.63. The molecular formula is C29H38N4O. The van der Waals surface area contributed by atoms with Gasteiger partial charge in [-0.25, -0.2) is 0 Å². The second-order valence-electron chi connectivity index (χ2n) is 10.1. The Balaban J connectivity index is 1.33. The van der Waals surface area contributed by atoms with Crippen LogP contribution in [0.4, 0.5) is 0 Å². The fourth-order valence-corrected chi connectivity index (χ4v) is 6.05. The van der Waals surface area contributed by atoms with Crippen molar-refractivity contribution in [2.75, 3.05) is 45.8 Å². The molecule has 1 N–H and O–H groups in total. The van der Waals surface area contributed by atoms with Gasteiger partial charge in [0.2, 0.25) is 0 Å². The summed E-state index contributed by atoms with van der Waals surface area (Å²) >= 11 is 0. The number of rotatable bonds is 5. The fourth-order valence-electron chi connectivity index (χ4n) is 6.05. The third-order valence-corrected chi connectivity index (χ3v) is 8.05. The van der Waals surface area contributed by atoms with Crippen LogP contribution in [-0.4, -0.2) is 71.4 Å². The molecule has 0 saturated carbocycles. The van der Waals surface area contributed by atoms with Gasteiger partial charge in [0.1, 0.15) is 5.69 Å². The van der Waals surface area contributed by atoms with Gasteiger partial charge >= 0.3 is 0 Å². The number of piperazine rings is 1. The zero-order chi connectivity index (χ0) is 23.7. The first-order valence-electron chi connectivity index (χ1n) is 12.9. The number of carbonyl (C=O) groups is 1. The third-order valence-electron chi connectivity index (χ3n) is 8.05. The Morgan fingerprint density at radius 2 is 1.56 bits per heavy atom. The minimum atomic E-state index is 0.160. The lowest BCUT2D eigenvalue weighted by Gasteiger charge is -2.35. The van der Waals surface area contributed by atoms with Crippen LogP contribution in [0.2, 0.25) is 0 Å². The molecule has 5 nitrogen and oxygen atoms in total. The van der Waals surface area contributed by atoms with Crippen molar-refractivity contribution in [3.8, 4) is 0 Å². The van der Waals surface area contributed by atoms with Gasteiger partial charge < -0.3 is 14.8 Å². The number of nitrogens with zero attached hydrogens (tertiary/aromatic N) is 3. The highest BCUT2D eigenvalue weighted by atomic mass is 16.2. The summed E-state index contributed by atoms with van der Waals surface area (Å²) in [7, 11) is 0. The van der Waals surface area contributed by atoms with Crippen LogP contribution >= 0.6 is 0 Å². The smallest absolute Gasteiger partial charge is 0.270 e. The standard InChI is InChI=1S/C29H38N4O/c1-4-31-16-18-33(19-17-31)29(34)28-25(24-10-5-6-11-26(24)30-28)20-32-14-12-23(13-15-32)27-21(2)8-7-9-22(27)3/h5-11,23,30H,4,12-20H2,1-3H3. The number of aryl methyl sites for hydroxylation is 2. The van der Waals surface area contributed by atoms with Gasteiger partial charge in [-0.3, -0.25) is 9.69 Å². The van der Waals surface area contributed by atoms with Gasteiger partial charge in [-0.1, -0.05) is 43.3 Å². The highest BCUT2D eigenvalue weighted by Gasteiger charge is 2.28. The van der Waals surface area contributed by atoms with Crippen molar-refractivity contribution in [3.63, 3.8) is 0 Å². The van der Waals surface area contributed by atoms with Gasteiger partial charge in [0.15, 0.2) is 0 Å². The second-order valence-corrected chi connectivity index (χ2v) is 10.1. The molecule has 0 atom stereocenters. The van der Waals surface area contributed by atoms with Gasteiger partial charge in [0.25, 0.3) is 5.91 Å². The van der Waals surface area contributed by atoms with E-state index in [9.17, 15) is 4.79 Å². The lowest BCUT2D eigenvalue weighted by atomic mass is 9.84. The molecule has 2 saturated heterocycles. The monoisotopic (exact) mass is 458 g/mol. The summed E-state index contributed by atoms with van der Waals surface area (Å²) in [6.45, 7) is 14.3. The van der Waals surface area contributed by atoms with E-state index >= 15 is 0 Å². The van der Waals surface area contributed by atoms with Crippen LogP contribution in [0.3, 0.4) is 0 Å². The van der Waals surface area contributed by atoms with Gasteiger partial charge in [-0.2, -0.15) is 0 Å². The number of piperidine rings is 1. The van der Waals surface area contributed by atoms with E-state index in [1.165, 1.54) is 34.9 Å². The first kappa shape index (κ1) is 23.1. The predicted molar refractivity (Wildman–Crippen MR) is 139 cm³/mol. The molecule has 0 unspecified atom stereocenters. The number of aromatic nitrogens is 1. The number of fused-ring (bicyclic) bond motifs is 1. The maximum Gasteiger partial charge on any atom is 0.270 e. The van der Waals surface area contributed by atoms with Crippen LogP contribution in [0.5, 0.6) is 0 Å². The highest BCUT2D eigenvalue weighted by molar-refractivity contribution is 6.01. The highest BCUT2D eigenvalue weighted by Crippen LogP contribution is 2.34. The summed E-state index contributed by atoms with van der Waals surface area (Å²) in [5, 5.41) is 1.19. The van der Waals surface area contributed by atoms with Crippen LogP contribution in [-0.2, 0) is 6.54 Å². The molecule has 0 radical (unpaired) electrons. The Kier molecular flexibility index (Phi) is 6.75. The number of amides is 1. The summed E-state index contributed by atoms with van der Waals surface area (Å²) < 4.78 is 0. The van der Waals surface area contributed by atoms with Crippen LogP contribution in [0.25, 0.3) is 10.9 Å². The average Bonchev–Trinajstić information content (AvgIpc) is 3.23. The van der Waals surface area contributed by atoms with Crippen molar-refractivity contribution >= 4 is 16.8 Å². The van der Waals surface area contributed by atoms with E-state index in [1.807, 2.05) is 11.0 Å². The fraction of sp³-hybridized carbons (Fsp3) is 0.483. The number of likely N-dealkylation sites (N-methyl/N-ethyl adjacent to an activating group) is 1. The van der Waals surface area contributed by atoms with E-state index in [0.29, 0.717) is 5.92 Å². The maximum absolute atomic E-state index is 13.6. The molecule has 5 heteroatoms. The molecule has 2 aromatic carbocycles. The van der Waals surface area contributed by atoms with Crippen molar-refractivity contribution in [2.45, 2.75) is 46.1 Å². The third kappa shape index (κ3) is 4.51. The number of carbonyl (C=O) groups excluding carboxylic acids is 1. The Bertz CT molecular complexity index is 1130. The number of nitrogens with one attached hydrogen (secondary N) is 1. The van der Waals surface area contributed by atoms with Crippen LogP contribution in [0, 0.1) is 13.8 Å². The Morgan fingerprint density at radius 3 is 2.24 bits per heavy atom. The molecule has 0 spiro atoms. The lowest BCUT2D eigenvalue weighted by molar-refractivity contribution is 0.0636. The van der Waals surface area contributed by atoms with Gasteiger partial charge in [0.05, 0.1) is 0 Å². The molecular weight excluding hydrogens is 420 g/mol. The van der Waals surface area contributed by atoms with E-state index in [0.717, 1.165) is 63.6 Å². The summed E-state index contributed by atoms with van der Waals surface area (Å²) in [4.78, 5) is 24.1. The lowest BCUT2D eigenvalue weighted by Crippen LogP contribution is -2.48.